The van der Waals surface area contributed by atoms with Crippen molar-refractivity contribution < 1.29 is 8.83 Å². The molecular weight excluding hydrogens is 988 g/mol. The third kappa shape index (κ3) is 7.20. The molecule has 81 heavy (non-hydrogen) atoms. The Kier molecular flexibility index (Phi) is 10.2. The molecular formula is C74H57BN4O2. The Morgan fingerprint density at radius 2 is 0.901 bits per heavy atom. The molecule has 0 amide bonds. The van der Waals surface area contributed by atoms with Gasteiger partial charge in [0.15, 0.2) is 5.58 Å². The van der Waals surface area contributed by atoms with E-state index < -0.39 is 0 Å². The number of para-hydroxylation sites is 5. The summed E-state index contributed by atoms with van der Waals surface area (Å²) in [4.78, 5) is 7.43. The zero-order valence-electron chi connectivity index (χ0n) is 46.2. The highest BCUT2D eigenvalue weighted by Gasteiger charge is 2.44. The highest BCUT2D eigenvalue weighted by atomic mass is 16.3. The van der Waals surface area contributed by atoms with E-state index in [1.165, 1.54) is 38.3 Å². The molecule has 6 nitrogen and oxygen atoms in total. The highest BCUT2D eigenvalue weighted by molar-refractivity contribution is 7.00. The summed E-state index contributed by atoms with van der Waals surface area (Å²) in [7, 11) is 0. The summed E-state index contributed by atoms with van der Waals surface area (Å²) in [6.45, 7) is 13.6. The Balaban J connectivity index is 0.977. The van der Waals surface area contributed by atoms with E-state index in [-0.39, 0.29) is 17.5 Å². The third-order valence-corrected chi connectivity index (χ3v) is 17.3. The van der Waals surface area contributed by atoms with Crippen molar-refractivity contribution in [2.24, 2.45) is 0 Å². The van der Waals surface area contributed by atoms with Crippen molar-refractivity contribution in [3.63, 3.8) is 0 Å². The van der Waals surface area contributed by atoms with Gasteiger partial charge in [0, 0.05) is 83.5 Å². The fraction of sp³-hybridized carbons (Fsp3) is 0.108. The van der Waals surface area contributed by atoms with E-state index in [0.717, 1.165) is 112 Å². The summed E-state index contributed by atoms with van der Waals surface area (Å²) in [5.74, 6) is 0. The lowest BCUT2D eigenvalue weighted by atomic mass is 9.33. The van der Waals surface area contributed by atoms with Crippen LogP contribution in [0.15, 0.2) is 245 Å². The van der Waals surface area contributed by atoms with Crippen LogP contribution in [-0.4, -0.2) is 11.3 Å². The van der Waals surface area contributed by atoms with Crippen LogP contribution >= 0.6 is 0 Å². The Labute approximate surface area is 471 Å². The molecule has 3 aromatic heterocycles. The molecule has 2 aliphatic rings. The van der Waals surface area contributed by atoms with Crippen LogP contribution < -0.4 is 31.1 Å². The molecule has 11 aromatic carbocycles. The summed E-state index contributed by atoms with van der Waals surface area (Å²) < 4.78 is 16.2. The maximum Gasteiger partial charge on any atom is 0.252 e. The zero-order chi connectivity index (χ0) is 54.5. The predicted octanol–water partition coefficient (Wildman–Crippen LogP) is 18.7. The van der Waals surface area contributed by atoms with Crippen molar-refractivity contribution in [1.29, 1.82) is 0 Å². The molecule has 16 rings (SSSR count). The Morgan fingerprint density at radius 3 is 1.58 bits per heavy atom. The first-order chi connectivity index (χ1) is 39.4. The minimum atomic E-state index is -0.145. The lowest BCUT2D eigenvalue weighted by Gasteiger charge is -2.44. The van der Waals surface area contributed by atoms with Gasteiger partial charge in [-0.05, 0) is 148 Å². The molecule has 0 radical (unpaired) electrons. The molecule has 0 aliphatic carbocycles. The van der Waals surface area contributed by atoms with Gasteiger partial charge in [0.05, 0.1) is 16.7 Å². The van der Waals surface area contributed by atoms with Gasteiger partial charge in [-0.25, -0.2) is 0 Å². The first-order valence-corrected chi connectivity index (χ1v) is 28.3. The molecule has 0 fully saturated rings. The average Bonchev–Trinajstić information content (AvgIpc) is 3.95. The molecule has 0 bridgehead atoms. The minimum absolute atomic E-state index is 0.00584. The van der Waals surface area contributed by atoms with Crippen LogP contribution in [0.2, 0.25) is 0 Å². The van der Waals surface area contributed by atoms with Crippen molar-refractivity contribution in [1.82, 2.24) is 4.57 Å². The van der Waals surface area contributed by atoms with Crippen molar-refractivity contribution in [2.75, 3.05) is 14.7 Å². The van der Waals surface area contributed by atoms with E-state index >= 15 is 0 Å². The Morgan fingerprint density at radius 1 is 0.358 bits per heavy atom. The highest BCUT2D eigenvalue weighted by Crippen LogP contribution is 2.49. The van der Waals surface area contributed by atoms with E-state index in [1.807, 2.05) is 0 Å². The SMILES string of the molecule is CC(C)(C)c1ccc(N2c3cc(N(c4ccc5c6ccccc6n(-c6ccccc6)c5c4)c4cccc5c4oc4ccccc45)ccc3B3c4cc5oc6ccccc6c5cc4N(c4ccc(C(C)(C)C)cc4)c4cccc2c43)cc1. The van der Waals surface area contributed by atoms with Crippen LogP contribution in [0.1, 0.15) is 52.7 Å². The number of rotatable bonds is 6. The second-order valence-electron chi connectivity index (χ2n) is 24.1. The maximum absolute atomic E-state index is 6.97. The topological polar surface area (TPSA) is 40.9 Å². The molecule has 0 saturated heterocycles. The molecule has 0 spiro atoms. The van der Waals surface area contributed by atoms with Crippen LogP contribution in [0.3, 0.4) is 0 Å². The number of benzene rings is 11. The van der Waals surface area contributed by atoms with Crippen LogP contribution in [0, 0.1) is 0 Å². The van der Waals surface area contributed by atoms with E-state index in [0.29, 0.717) is 0 Å². The molecule has 0 N–H and O–H groups in total. The normalized spacial score (nSPS) is 13.2. The molecule has 5 heterocycles. The van der Waals surface area contributed by atoms with Gasteiger partial charge in [0.25, 0.3) is 6.71 Å². The maximum atomic E-state index is 6.97. The molecule has 7 heteroatoms. The predicted molar refractivity (Wildman–Crippen MR) is 341 cm³/mol. The molecule has 0 unspecified atom stereocenters. The smallest absolute Gasteiger partial charge is 0.252 e. The molecule has 2 aliphatic heterocycles. The van der Waals surface area contributed by atoms with Crippen LogP contribution in [-0.2, 0) is 10.8 Å². The first-order valence-electron chi connectivity index (χ1n) is 28.3. The fourth-order valence-corrected chi connectivity index (χ4v) is 13.3. The minimum Gasteiger partial charge on any atom is -0.456 e. The van der Waals surface area contributed by atoms with E-state index in [9.17, 15) is 0 Å². The number of nitrogens with zero attached hydrogens (tertiary/aromatic N) is 4. The Hall–Kier alpha value is -9.72. The van der Waals surface area contributed by atoms with Gasteiger partial charge in [0.1, 0.15) is 16.7 Å². The number of fused-ring (bicyclic) bond motifs is 13. The molecule has 14 aromatic rings. The Bertz CT molecular complexity index is 4860. The van der Waals surface area contributed by atoms with E-state index in [1.54, 1.807) is 0 Å². The summed E-state index contributed by atoms with van der Waals surface area (Å²) in [6, 6.07) is 87.1. The van der Waals surface area contributed by atoms with Crippen molar-refractivity contribution in [3.8, 4) is 5.69 Å². The average molecular weight is 1050 g/mol. The van der Waals surface area contributed by atoms with Gasteiger partial charge in [-0.2, -0.15) is 0 Å². The van der Waals surface area contributed by atoms with Gasteiger partial charge in [-0.1, -0.05) is 169 Å². The number of anilines is 9. The van der Waals surface area contributed by atoms with Crippen molar-refractivity contribution in [3.05, 3.63) is 248 Å². The van der Waals surface area contributed by atoms with Crippen LogP contribution in [0.25, 0.3) is 71.4 Å². The van der Waals surface area contributed by atoms with Crippen LogP contribution in [0.4, 0.5) is 51.2 Å². The number of hydrogen-bond donors (Lipinski definition) is 0. The van der Waals surface area contributed by atoms with Gasteiger partial charge in [-0.3, -0.25) is 0 Å². The third-order valence-electron chi connectivity index (χ3n) is 17.3. The molecule has 388 valence electrons. The zero-order valence-corrected chi connectivity index (χ0v) is 46.2. The lowest BCUT2D eigenvalue weighted by molar-refractivity contribution is 0.590. The number of hydrogen-bond acceptors (Lipinski definition) is 5. The van der Waals surface area contributed by atoms with Gasteiger partial charge < -0.3 is 28.1 Å². The largest absolute Gasteiger partial charge is 0.456 e. The molecule has 0 atom stereocenters. The summed E-state index contributed by atoms with van der Waals surface area (Å²) in [5, 5.41) is 6.77. The quantitative estimate of drug-likeness (QED) is 0.155. The van der Waals surface area contributed by atoms with Crippen molar-refractivity contribution >= 4 is 140 Å². The standard InChI is InChI=1S/C74H57BN4O2/c1-73(2,3)46-30-34-49(35-31-46)78-62-25-17-26-63-71(62)75(60-45-70-58(56-22-12-14-28-68(56)80-70)44-67(60)79(63)50-36-32-47(33-37-50)74(4,5)6)59-41-39-52(43-66(59)78)76(64-27-16-23-57-55-21-11-15-29-69(55)81-72(57)64)51-38-40-54-53-20-10-13-24-61(53)77(65(54)42-51)48-18-8-7-9-19-48/h7-45H,1-6H3. The second-order valence-corrected chi connectivity index (χ2v) is 24.1. The van der Waals surface area contributed by atoms with Crippen molar-refractivity contribution in [2.45, 2.75) is 52.4 Å². The fourth-order valence-electron chi connectivity index (χ4n) is 13.3. The number of furan rings is 2. The second kappa shape index (κ2) is 17.4. The van der Waals surface area contributed by atoms with Gasteiger partial charge >= 0.3 is 0 Å². The number of aromatic nitrogens is 1. The van der Waals surface area contributed by atoms with Gasteiger partial charge in [-0.15, -0.1) is 0 Å². The van der Waals surface area contributed by atoms with E-state index in [4.69, 9.17) is 8.83 Å². The summed E-state index contributed by atoms with van der Waals surface area (Å²) >= 11 is 0. The summed E-state index contributed by atoms with van der Waals surface area (Å²) in [5.41, 5.74) is 22.8. The lowest BCUT2D eigenvalue weighted by Crippen LogP contribution is -2.61. The van der Waals surface area contributed by atoms with Gasteiger partial charge in [0.2, 0.25) is 0 Å². The molecule has 0 saturated carbocycles. The summed E-state index contributed by atoms with van der Waals surface area (Å²) in [6.07, 6.45) is 0. The first kappa shape index (κ1) is 47.3. The van der Waals surface area contributed by atoms with E-state index in [2.05, 4.69) is 297 Å². The van der Waals surface area contributed by atoms with Crippen LogP contribution in [0.5, 0.6) is 0 Å². The monoisotopic (exact) mass is 1040 g/mol.